The number of aliphatic hydroxyl groups is 1. The molecule has 5 heteroatoms. The van der Waals surface area contributed by atoms with Gasteiger partial charge in [-0.3, -0.25) is 9.59 Å². The van der Waals surface area contributed by atoms with Crippen molar-refractivity contribution in [3.8, 4) is 0 Å². The van der Waals surface area contributed by atoms with Crippen molar-refractivity contribution in [1.29, 1.82) is 0 Å². The van der Waals surface area contributed by atoms with Gasteiger partial charge in [-0.15, -0.1) is 0 Å². The first-order valence-electron chi connectivity index (χ1n) is 6.79. The minimum atomic E-state index is -0.383. The maximum atomic E-state index is 11.9. The molecule has 1 aliphatic heterocycles. The number of aliphatic hydroxyl groups excluding tert-OH is 1. The van der Waals surface area contributed by atoms with Gasteiger partial charge in [-0.2, -0.15) is 0 Å². The Morgan fingerprint density at radius 3 is 2.39 bits per heavy atom. The van der Waals surface area contributed by atoms with E-state index in [-0.39, 0.29) is 23.8 Å². The van der Waals surface area contributed by atoms with Gasteiger partial charge < -0.3 is 15.3 Å². The quantitative estimate of drug-likeness (QED) is 0.749. The molecule has 0 aromatic carbocycles. The van der Waals surface area contributed by atoms with Crippen LogP contribution in [0.3, 0.4) is 0 Å². The van der Waals surface area contributed by atoms with Gasteiger partial charge in [0, 0.05) is 32.5 Å². The zero-order valence-electron chi connectivity index (χ0n) is 10.9. The highest BCUT2D eigenvalue weighted by Crippen LogP contribution is 2.32. The first-order valence-corrected chi connectivity index (χ1v) is 6.79. The number of likely N-dealkylation sites (tertiary alicyclic amines) is 1. The summed E-state index contributed by atoms with van der Waals surface area (Å²) in [5, 5.41) is 12.5. The lowest BCUT2D eigenvalue weighted by Crippen LogP contribution is -2.43. The van der Waals surface area contributed by atoms with Crippen molar-refractivity contribution in [3.63, 3.8) is 0 Å². The van der Waals surface area contributed by atoms with Crippen LogP contribution in [0.2, 0.25) is 0 Å². The van der Waals surface area contributed by atoms with E-state index in [2.05, 4.69) is 5.32 Å². The topological polar surface area (TPSA) is 69.6 Å². The van der Waals surface area contributed by atoms with Crippen LogP contribution in [-0.2, 0) is 9.59 Å². The third-order valence-corrected chi connectivity index (χ3v) is 3.96. The largest absolute Gasteiger partial charge is 0.391 e. The van der Waals surface area contributed by atoms with Crippen molar-refractivity contribution < 1.29 is 14.7 Å². The van der Waals surface area contributed by atoms with E-state index < -0.39 is 0 Å². The fourth-order valence-electron chi connectivity index (χ4n) is 2.45. The second kappa shape index (κ2) is 5.69. The Bertz CT molecular complexity index is 320. The van der Waals surface area contributed by atoms with Crippen molar-refractivity contribution >= 4 is 11.8 Å². The Morgan fingerprint density at radius 1 is 1.28 bits per heavy atom. The molecular weight excluding hydrogens is 232 g/mol. The maximum absolute atomic E-state index is 11.9. The van der Waals surface area contributed by atoms with Gasteiger partial charge >= 0.3 is 0 Å². The van der Waals surface area contributed by atoms with Crippen molar-refractivity contribution in [2.75, 3.05) is 19.6 Å². The van der Waals surface area contributed by atoms with Crippen LogP contribution >= 0.6 is 0 Å². The van der Waals surface area contributed by atoms with Gasteiger partial charge in [-0.05, 0) is 31.6 Å². The first-order chi connectivity index (χ1) is 8.58. The molecule has 1 atom stereocenters. The van der Waals surface area contributed by atoms with E-state index in [1.807, 2.05) is 0 Å². The summed E-state index contributed by atoms with van der Waals surface area (Å²) in [5.41, 5.74) is 0. The van der Waals surface area contributed by atoms with Gasteiger partial charge in [0.15, 0.2) is 0 Å². The molecule has 2 N–H and O–H groups in total. The van der Waals surface area contributed by atoms with E-state index in [1.165, 1.54) is 0 Å². The minimum Gasteiger partial charge on any atom is -0.391 e. The molecule has 2 aliphatic rings. The van der Waals surface area contributed by atoms with E-state index in [0.29, 0.717) is 25.6 Å². The molecule has 0 aromatic heterocycles. The van der Waals surface area contributed by atoms with Crippen LogP contribution in [-0.4, -0.2) is 47.6 Å². The average molecular weight is 254 g/mol. The predicted molar refractivity (Wildman–Crippen MR) is 66.7 cm³/mol. The number of piperidine rings is 1. The van der Waals surface area contributed by atoms with Gasteiger partial charge in [0.05, 0.1) is 6.10 Å². The van der Waals surface area contributed by atoms with Gasteiger partial charge in [-0.1, -0.05) is 0 Å². The van der Waals surface area contributed by atoms with Crippen molar-refractivity contribution in [1.82, 2.24) is 10.2 Å². The summed E-state index contributed by atoms with van der Waals surface area (Å²) in [5.74, 6) is 0.493. The van der Waals surface area contributed by atoms with Crippen LogP contribution in [0.15, 0.2) is 0 Å². The Morgan fingerprint density at radius 2 is 1.89 bits per heavy atom. The second-order valence-electron chi connectivity index (χ2n) is 5.43. The summed E-state index contributed by atoms with van der Waals surface area (Å²) in [6.45, 7) is 3.26. The van der Waals surface area contributed by atoms with E-state index in [4.69, 9.17) is 0 Å². The van der Waals surface area contributed by atoms with Gasteiger partial charge in [0.1, 0.15) is 0 Å². The molecule has 0 spiro atoms. The van der Waals surface area contributed by atoms with E-state index >= 15 is 0 Å². The normalized spacial score (nSPS) is 22.7. The molecule has 102 valence electrons. The summed E-state index contributed by atoms with van der Waals surface area (Å²) in [4.78, 5) is 24.8. The first kappa shape index (κ1) is 13.3. The third kappa shape index (κ3) is 3.45. The van der Waals surface area contributed by atoms with Gasteiger partial charge in [0.25, 0.3) is 0 Å². The molecular formula is C13H22N2O3. The molecule has 1 aliphatic carbocycles. The number of carbonyl (C=O) groups excluding carboxylic acids is 2. The minimum absolute atomic E-state index is 0.00740. The van der Waals surface area contributed by atoms with Crippen LogP contribution < -0.4 is 5.32 Å². The average Bonchev–Trinajstić information content (AvgIpc) is 3.20. The SMILES string of the molecule is CC(=O)N1CCC(C(=O)NCC(O)C2CC2)CC1. The standard InChI is InChI=1S/C13H22N2O3/c1-9(16)15-6-4-11(5-7-15)13(18)14-8-12(17)10-2-3-10/h10-12,17H,2-8H2,1H3,(H,14,18). The fraction of sp³-hybridized carbons (Fsp3) is 0.846. The Kier molecular flexibility index (Phi) is 4.22. The van der Waals surface area contributed by atoms with E-state index in [1.54, 1.807) is 11.8 Å². The molecule has 0 radical (unpaired) electrons. The summed E-state index contributed by atoms with van der Waals surface area (Å²) in [6, 6.07) is 0. The van der Waals surface area contributed by atoms with Crippen LogP contribution in [0, 0.1) is 11.8 Å². The number of rotatable bonds is 4. The molecule has 0 bridgehead atoms. The third-order valence-electron chi connectivity index (χ3n) is 3.96. The molecule has 1 unspecified atom stereocenters. The van der Waals surface area contributed by atoms with E-state index in [0.717, 1.165) is 25.7 Å². The Labute approximate surface area is 108 Å². The molecule has 2 rings (SSSR count). The number of nitrogens with zero attached hydrogens (tertiary/aromatic N) is 1. The summed E-state index contributed by atoms with van der Waals surface area (Å²) in [6.07, 6.45) is 3.23. The summed E-state index contributed by atoms with van der Waals surface area (Å²) >= 11 is 0. The number of hydrogen-bond acceptors (Lipinski definition) is 3. The van der Waals surface area contributed by atoms with Crippen LogP contribution in [0.25, 0.3) is 0 Å². The maximum Gasteiger partial charge on any atom is 0.223 e. The van der Waals surface area contributed by atoms with Crippen LogP contribution in [0.4, 0.5) is 0 Å². The van der Waals surface area contributed by atoms with Gasteiger partial charge in [0.2, 0.25) is 11.8 Å². The zero-order valence-corrected chi connectivity index (χ0v) is 10.9. The van der Waals surface area contributed by atoms with Crippen LogP contribution in [0.1, 0.15) is 32.6 Å². The highest BCUT2D eigenvalue weighted by Gasteiger charge is 2.31. The Hall–Kier alpha value is -1.10. The lowest BCUT2D eigenvalue weighted by Gasteiger charge is -2.30. The lowest BCUT2D eigenvalue weighted by molar-refractivity contribution is -0.134. The smallest absolute Gasteiger partial charge is 0.223 e. The predicted octanol–water partition coefficient (Wildman–Crippen LogP) is 0.132. The highest BCUT2D eigenvalue weighted by molar-refractivity contribution is 5.79. The number of amides is 2. The molecule has 5 nitrogen and oxygen atoms in total. The van der Waals surface area contributed by atoms with Crippen LogP contribution in [0.5, 0.6) is 0 Å². The molecule has 2 fully saturated rings. The Balaban J connectivity index is 1.68. The number of hydrogen-bond donors (Lipinski definition) is 2. The highest BCUT2D eigenvalue weighted by atomic mass is 16.3. The number of nitrogens with one attached hydrogen (secondary N) is 1. The molecule has 1 heterocycles. The molecule has 1 saturated heterocycles. The number of carbonyl (C=O) groups is 2. The second-order valence-corrected chi connectivity index (χ2v) is 5.43. The molecule has 0 aromatic rings. The van der Waals surface area contributed by atoms with Gasteiger partial charge in [-0.25, -0.2) is 0 Å². The van der Waals surface area contributed by atoms with Crippen molar-refractivity contribution in [2.45, 2.75) is 38.7 Å². The molecule has 18 heavy (non-hydrogen) atoms. The summed E-state index contributed by atoms with van der Waals surface area (Å²) in [7, 11) is 0. The monoisotopic (exact) mass is 254 g/mol. The van der Waals surface area contributed by atoms with Crippen molar-refractivity contribution in [3.05, 3.63) is 0 Å². The molecule has 1 saturated carbocycles. The zero-order chi connectivity index (χ0) is 13.1. The van der Waals surface area contributed by atoms with Crippen molar-refractivity contribution in [2.24, 2.45) is 11.8 Å². The van der Waals surface area contributed by atoms with E-state index in [9.17, 15) is 14.7 Å². The molecule has 2 amide bonds. The summed E-state index contributed by atoms with van der Waals surface area (Å²) < 4.78 is 0. The fourth-order valence-corrected chi connectivity index (χ4v) is 2.45. The lowest BCUT2D eigenvalue weighted by atomic mass is 9.96.